The van der Waals surface area contributed by atoms with Crippen LogP contribution in [0.5, 0.6) is 0 Å². The molecule has 1 aliphatic heterocycles. The van der Waals surface area contributed by atoms with Crippen LogP contribution >= 0.6 is 0 Å². The Morgan fingerprint density at radius 3 is 2.76 bits per heavy atom. The number of benzene rings is 1. The fourth-order valence-corrected chi connectivity index (χ4v) is 2.00. The van der Waals surface area contributed by atoms with Crippen molar-refractivity contribution in [3.63, 3.8) is 0 Å². The second-order valence-electron chi connectivity index (χ2n) is 5.33. The fraction of sp³-hybridized carbons (Fsp3) is 0.462. The number of carbonyl (C=O) groups is 1. The third-order valence-electron chi connectivity index (χ3n) is 2.67. The molecule has 17 heavy (non-hydrogen) atoms. The predicted molar refractivity (Wildman–Crippen MR) is 65.7 cm³/mol. The van der Waals surface area contributed by atoms with Gasteiger partial charge in [-0.2, -0.15) is 0 Å². The summed E-state index contributed by atoms with van der Waals surface area (Å²) < 4.78 is 13.7. The van der Waals surface area contributed by atoms with Crippen molar-refractivity contribution in [2.45, 2.75) is 32.7 Å². The number of nitrogens with zero attached hydrogens (tertiary/aromatic N) is 1. The molecule has 1 aliphatic rings. The van der Waals surface area contributed by atoms with Crippen LogP contribution in [0.25, 0.3) is 0 Å². The van der Waals surface area contributed by atoms with E-state index in [1.807, 2.05) is 26.8 Å². The van der Waals surface area contributed by atoms with E-state index < -0.39 is 0 Å². The van der Waals surface area contributed by atoms with Crippen molar-refractivity contribution < 1.29 is 9.18 Å². The Bertz CT molecular complexity index is 451. The van der Waals surface area contributed by atoms with Gasteiger partial charge in [0.2, 0.25) is 0 Å². The molecule has 1 aromatic rings. The van der Waals surface area contributed by atoms with E-state index >= 15 is 0 Å². The van der Waals surface area contributed by atoms with Gasteiger partial charge in [-0.05, 0) is 38.8 Å². The number of nitrogens with one attached hydrogen (secondary N) is 1. The largest absolute Gasteiger partial charge is 0.333 e. The summed E-state index contributed by atoms with van der Waals surface area (Å²) in [5.74, 6) is -0.330. The highest BCUT2D eigenvalue weighted by atomic mass is 19.1. The van der Waals surface area contributed by atoms with E-state index in [-0.39, 0.29) is 17.4 Å². The first-order valence-corrected chi connectivity index (χ1v) is 5.75. The van der Waals surface area contributed by atoms with Gasteiger partial charge in [0.05, 0.1) is 5.69 Å². The number of hydrogen-bond donors (Lipinski definition) is 1. The lowest BCUT2D eigenvalue weighted by Crippen LogP contribution is -2.48. The lowest BCUT2D eigenvalue weighted by atomic mass is 10.1. The number of carbonyl (C=O) groups excluding carboxylic acids is 1. The first-order chi connectivity index (χ1) is 7.88. The molecular formula is C13H17FN2O. The Kier molecular flexibility index (Phi) is 2.81. The maximum absolute atomic E-state index is 13.7. The molecule has 0 spiro atoms. The lowest BCUT2D eigenvalue weighted by Gasteiger charge is -2.26. The summed E-state index contributed by atoms with van der Waals surface area (Å²) in [4.78, 5) is 13.5. The molecule has 0 atom stereocenters. The number of fused-ring (bicyclic) bond motifs is 1. The van der Waals surface area contributed by atoms with Gasteiger partial charge in [0, 0.05) is 12.1 Å². The number of hydrogen-bond acceptors (Lipinski definition) is 1. The van der Waals surface area contributed by atoms with E-state index in [2.05, 4.69) is 5.32 Å². The summed E-state index contributed by atoms with van der Waals surface area (Å²) in [6.07, 6.45) is 0.713. The molecule has 0 saturated carbocycles. The van der Waals surface area contributed by atoms with Crippen molar-refractivity contribution in [2.24, 2.45) is 0 Å². The fourth-order valence-electron chi connectivity index (χ4n) is 2.00. The molecule has 0 fully saturated rings. The van der Waals surface area contributed by atoms with Crippen LogP contribution in [0.15, 0.2) is 18.2 Å². The molecule has 0 aliphatic carbocycles. The summed E-state index contributed by atoms with van der Waals surface area (Å²) in [6.45, 7) is 6.26. The van der Waals surface area contributed by atoms with Crippen molar-refractivity contribution in [3.8, 4) is 0 Å². The van der Waals surface area contributed by atoms with Crippen LogP contribution in [0.2, 0.25) is 0 Å². The molecule has 92 valence electrons. The first-order valence-electron chi connectivity index (χ1n) is 5.75. The van der Waals surface area contributed by atoms with Crippen LogP contribution in [0.4, 0.5) is 14.9 Å². The van der Waals surface area contributed by atoms with Crippen LogP contribution in [0.3, 0.4) is 0 Å². The average molecular weight is 236 g/mol. The minimum atomic E-state index is -0.330. The summed E-state index contributed by atoms with van der Waals surface area (Å²) in [5, 5.41) is 2.85. The maximum atomic E-state index is 13.7. The molecule has 3 nitrogen and oxygen atoms in total. The third-order valence-corrected chi connectivity index (χ3v) is 2.67. The molecule has 1 heterocycles. The molecule has 2 rings (SSSR count). The topological polar surface area (TPSA) is 32.3 Å². The maximum Gasteiger partial charge on any atom is 0.322 e. The molecule has 0 bridgehead atoms. The zero-order valence-electron chi connectivity index (χ0n) is 10.4. The highest BCUT2D eigenvalue weighted by molar-refractivity contribution is 5.94. The van der Waals surface area contributed by atoms with E-state index in [0.717, 1.165) is 5.56 Å². The van der Waals surface area contributed by atoms with Gasteiger partial charge in [-0.15, -0.1) is 0 Å². The van der Waals surface area contributed by atoms with Crippen LogP contribution in [0, 0.1) is 5.82 Å². The van der Waals surface area contributed by atoms with Gasteiger partial charge in [-0.1, -0.05) is 12.1 Å². The molecule has 0 radical (unpaired) electrons. The molecule has 1 aromatic carbocycles. The van der Waals surface area contributed by atoms with E-state index in [4.69, 9.17) is 0 Å². The van der Waals surface area contributed by atoms with Gasteiger partial charge in [-0.3, -0.25) is 4.90 Å². The zero-order valence-corrected chi connectivity index (χ0v) is 10.4. The van der Waals surface area contributed by atoms with Crippen molar-refractivity contribution in [1.29, 1.82) is 0 Å². The Morgan fingerprint density at radius 2 is 2.12 bits per heavy atom. The first kappa shape index (κ1) is 11.9. The third kappa shape index (κ3) is 2.40. The van der Waals surface area contributed by atoms with Gasteiger partial charge in [-0.25, -0.2) is 9.18 Å². The smallest absolute Gasteiger partial charge is 0.322 e. The average Bonchev–Trinajstić information content (AvgIpc) is 2.60. The second-order valence-corrected chi connectivity index (χ2v) is 5.33. The minimum Gasteiger partial charge on any atom is -0.333 e. The number of para-hydroxylation sites is 1. The lowest BCUT2D eigenvalue weighted by molar-refractivity contribution is 0.238. The number of urea groups is 1. The SMILES string of the molecule is CC(C)(C)NC(=O)N1CCc2cccc(F)c21. The quantitative estimate of drug-likeness (QED) is 0.738. The molecule has 0 unspecified atom stereocenters. The molecular weight excluding hydrogens is 219 g/mol. The second kappa shape index (κ2) is 4.02. The molecule has 4 heteroatoms. The van der Waals surface area contributed by atoms with Crippen LogP contribution in [0.1, 0.15) is 26.3 Å². The minimum absolute atomic E-state index is 0.235. The molecule has 0 aromatic heterocycles. The van der Waals surface area contributed by atoms with E-state index in [9.17, 15) is 9.18 Å². The normalized spacial score (nSPS) is 14.7. The van der Waals surface area contributed by atoms with Crippen LogP contribution in [-0.4, -0.2) is 18.1 Å². The summed E-state index contributed by atoms with van der Waals surface area (Å²) in [7, 11) is 0. The summed E-state index contributed by atoms with van der Waals surface area (Å²) in [5.41, 5.74) is 1.01. The Balaban J connectivity index is 2.25. The van der Waals surface area contributed by atoms with Gasteiger partial charge < -0.3 is 5.32 Å². The number of amides is 2. The standard InChI is InChI=1S/C13H17FN2O/c1-13(2,3)15-12(17)16-8-7-9-5-4-6-10(14)11(9)16/h4-6H,7-8H2,1-3H3,(H,15,17). The zero-order chi connectivity index (χ0) is 12.6. The van der Waals surface area contributed by atoms with Gasteiger partial charge in [0.1, 0.15) is 5.82 Å². The van der Waals surface area contributed by atoms with Crippen LogP contribution in [-0.2, 0) is 6.42 Å². The summed E-state index contributed by atoms with van der Waals surface area (Å²) in [6, 6.07) is 4.70. The highest BCUT2D eigenvalue weighted by Crippen LogP contribution is 2.30. The van der Waals surface area contributed by atoms with Crippen molar-refractivity contribution in [2.75, 3.05) is 11.4 Å². The number of anilines is 1. The summed E-state index contributed by atoms with van der Waals surface area (Å²) >= 11 is 0. The van der Waals surface area contributed by atoms with Gasteiger partial charge >= 0.3 is 6.03 Å². The van der Waals surface area contributed by atoms with Crippen molar-refractivity contribution in [3.05, 3.63) is 29.6 Å². The van der Waals surface area contributed by atoms with E-state index in [1.54, 1.807) is 6.07 Å². The predicted octanol–water partition coefficient (Wildman–Crippen LogP) is 2.70. The molecule has 2 amide bonds. The van der Waals surface area contributed by atoms with E-state index in [1.165, 1.54) is 11.0 Å². The number of rotatable bonds is 0. The van der Waals surface area contributed by atoms with Crippen LogP contribution < -0.4 is 10.2 Å². The Morgan fingerprint density at radius 1 is 1.41 bits per heavy atom. The Hall–Kier alpha value is -1.58. The number of halogens is 1. The highest BCUT2D eigenvalue weighted by Gasteiger charge is 2.29. The van der Waals surface area contributed by atoms with Gasteiger partial charge in [0.15, 0.2) is 0 Å². The Labute approximate surface area is 101 Å². The van der Waals surface area contributed by atoms with Gasteiger partial charge in [0.25, 0.3) is 0 Å². The van der Waals surface area contributed by atoms with Crippen molar-refractivity contribution in [1.82, 2.24) is 5.32 Å². The van der Waals surface area contributed by atoms with E-state index in [0.29, 0.717) is 18.7 Å². The van der Waals surface area contributed by atoms with Crippen molar-refractivity contribution >= 4 is 11.7 Å². The monoisotopic (exact) mass is 236 g/mol. The molecule has 0 saturated heterocycles. The molecule has 1 N–H and O–H groups in total.